The Morgan fingerprint density at radius 1 is 1.44 bits per heavy atom. The van der Waals surface area contributed by atoms with E-state index in [1.54, 1.807) is 0 Å². The van der Waals surface area contributed by atoms with Crippen LogP contribution < -0.4 is 0 Å². The molecule has 0 unspecified atom stereocenters. The zero-order valence-electron chi connectivity index (χ0n) is 6.08. The largest absolute Gasteiger partial charge is 0.136 e. The third-order valence-corrected chi connectivity index (χ3v) is 1.87. The lowest BCUT2D eigenvalue weighted by atomic mass is 10.4. The van der Waals surface area contributed by atoms with E-state index in [2.05, 4.69) is 24.6 Å². The number of rotatable bonds is 2. The molecule has 52 valence electrons. The SMILES string of the molecule is C[SiH](C)C#CCCCCl. The van der Waals surface area contributed by atoms with Gasteiger partial charge in [-0.2, -0.15) is 0 Å². The van der Waals surface area contributed by atoms with Crippen LogP contribution in [0.2, 0.25) is 13.1 Å². The van der Waals surface area contributed by atoms with Crippen LogP contribution >= 0.6 is 11.6 Å². The maximum atomic E-state index is 5.46. The van der Waals surface area contributed by atoms with Gasteiger partial charge in [-0.15, -0.1) is 23.1 Å². The number of hydrogen-bond acceptors (Lipinski definition) is 0. The summed E-state index contributed by atoms with van der Waals surface area (Å²) in [5, 5.41) is 0. The highest BCUT2D eigenvalue weighted by atomic mass is 35.5. The highest BCUT2D eigenvalue weighted by Gasteiger charge is 1.83. The van der Waals surface area contributed by atoms with Crippen molar-refractivity contribution < 1.29 is 0 Å². The highest BCUT2D eigenvalue weighted by molar-refractivity contribution is 6.64. The van der Waals surface area contributed by atoms with Crippen LogP contribution in [-0.4, -0.2) is 14.7 Å². The van der Waals surface area contributed by atoms with Crippen molar-refractivity contribution >= 4 is 20.4 Å². The Morgan fingerprint density at radius 3 is 2.56 bits per heavy atom. The summed E-state index contributed by atoms with van der Waals surface area (Å²) < 4.78 is 0. The summed E-state index contributed by atoms with van der Waals surface area (Å²) >= 11 is 5.46. The molecule has 0 aromatic heterocycles. The fourth-order valence-electron chi connectivity index (χ4n) is 0.431. The average Bonchev–Trinajstić information content (AvgIpc) is 1.80. The molecule has 0 bridgehead atoms. The van der Waals surface area contributed by atoms with Gasteiger partial charge < -0.3 is 0 Å². The second-order valence-corrected chi connectivity index (χ2v) is 5.24. The van der Waals surface area contributed by atoms with E-state index >= 15 is 0 Å². The normalized spacial score (nSPS) is 8.89. The lowest BCUT2D eigenvalue weighted by Gasteiger charge is -1.85. The molecule has 0 spiro atoms. The first-order valence-electron chi connectivity index (χ1n) is 3.31. The minimum atomic E-state index is -0.617. The lowest BCUT2D eigenvalue weighted by Crippen LogP contribution is -1.92. The molecule has 0 aromatic carbocycles. The Labute approximate surface area is 64.2 Å². The second-order valence-electron chi connectivity index (χ2n) is 2.27. The van der Waals surface area contributed by atoms with Gasteiger partial charge in [-0.1, -0.05) is 13.1 Å². The molecule has 0 aliphatic rings. The third-order valence-electron chi connectivity index (χ3n) is 0.826. The molecule has 0 saturated carbocycles. The summed E-state index contributed by atoms with van der Waals surface area (Å²) in [6.07, 6.45) is 2.02. The van der Waals surface area contributed by atoms with Crippen LogP contribution in [0.15, 0.2) is 0 Å². The predicted molar refractivity (Wildman–Crippen MR) is 46.6 cm³/mol. The van der Waals surface area contributed by atoms with Crippen LogP contribution in [0.25, 0.3) is 0 Å². The molecule has 2 heteroatoms. The maximum Gasteiger partial charge on any atom is 0.116 e. The van der Waals surface area contributed by atoms with Gasteiger partial charge >= 0.3 is 0 Å². The van der Waals surface area contributed by atoms with E-state index in [9.17, 15) is 0 Å². The first-order valence-corrected chi connectivity index (χ1v) is 6.74. The molecule has 0 nitrogen and oxygen atoms in total. The first kappa shape index (κ1) is 9.07. The topological polar surface area (TPSA) is 0 Å². The van der Waals surface area contributed by atoms with Crippen LogP contribution in [0, 0.1) is 11.5 Å². The minimum absolute atomic E-state index is 0.617. The van der Waals surface area contributed by atoms with Crippen molar-refractivity contribution in [3.8, 4) is 11.5 Å². The first-order chi connectivity index (χ1) is 4.27. The summed E-state index contributed by atoms with van der Waals surface area (Å²) in [6, 6.07) is 0. The Kier molecular flexibility index (Phi) is 6.24. The predicted octanol–water partition coefficient (Wildman–Crippen LogP) is 2.03. The standard InChI is InChI=1S/C7H13ClSi/c1-9(2)7-5-3-4-6-8/h9H,3-4,6H2,1-2H3. The van der Waals surface area contributed by atoms with Crippen LogP contribution in [0.1, 0.15) is 12.8 Å². The molecule has 9 heavy (non-hydrogen) atoms. The number of alkyl halides is 1. The van der Waals surface area contributed by atoms with Gasteiger partial charge in [0.05, 0.1) is 0 Å². The van der Waals surface area contributed by atoms with E-state index < -0.39 is 8.80 Å². The molecule has 0 saturated heterocycles. The summed E-state index contributed by atoms with van der Waals surface area (Å²) in [4.78, 5) is 0. The zero-order chi connectivity index (χ0) is 7.11. The van der Waals surface area contributed by atoms with Crippen molar-refractivity contribution in [3.63, 3.8) is 0 Å². The molecule has 0 heterocycles. The van der Waals surface area contributed by atoms with Crippen molar-refractivity contribution in [2.24, 2.45) is 0 Å². The Bertz CT molecular complexity index is 110. The highest BCUT2D eigenvalue weighted by Crippen LogP contribution is 1.88. The lowest BCUT2D eigenvalue weighted by molar-refractivity contribution is 0.992. The second kappa shape index (κ2) is 6.19. The van der Waals surface area contributed by atoms with Gasteiger partial charge in [-0.05, 0) is 6.42 Å². The van der Waals surface area contributed by atoms with Crippen molar-refractivity contribution in [2.45, 2.75) is 25.9 Å². The van der Waals surface area contributed by atoms with E-state index in [4.69, 9.17) is 11.6 Å². The van der Waals surface area contributed by atoms with E-state index in [-0.39, 0.29) is 0 Å². The molecular formula is C7H13ClSi. The van der Waals surface area contributed by atoms with Gasteiger partial charge in [0.25, 0.3) is 0 Å². The van der Waals surface area contributed by atoms with E-state index in [0.717, 1.165) is 18.7 Å². The van der Waals surface area contributed by atoms with Gasteiger partial charge in [0, 0.05) is 12.3 Å². The third kappa shape index (κ3) is 8.07. The Hall–Kier alpha value is 0.0669. The van der Waals surface area contributed by atoms with Gasteiger partial charge in [0.15, 0.2) is 0 Å². The zero-order valence-corrected chi connectivity index (χ0v) is 7.99. The molecule has 0 N–H and O–H groups in total. The van der Waals surface area contributed by atoms with E-state index in [1.807, 2.05) is 0 Å². The summed E-state index contributed by atoms with van der Waals surface area (Å²) in [5.41, 5.74) is 3.21. The smallest absolute Gasteiger partial charge is 0.116 e. The van der Waals surface area contributed by atoms with Crippen LogP contribution in [0.5, 0.6) is 0 Å². The molecule has 0 aliphatic carbocycles. The van der Waals surface area contributed by atoms with Gasteiger partial charge in [0.1, 0.15) is 8.80 Å². The van der Waals surface area contributed by atoms with E-state index in [0.29, 0.717) is 0 Å². The molecule has 0 radical (unpaired) electrons. The molecule has 0 amide bonds. The average molecular weight is 161 g/mol. The summed E-state index contributed by atoms with van der Waals surface area (Å²) in [5.74, 6) is 3.86. The van der Waals surface area contributed by atoms with Crippen LogP contribution in [0.4, 0.5) is 0 Å². The van der Waals surface area contributed by atoms with Crippen LogP contribution in [0.3, 0.4) is 0 Å². The minimum Gasteiger partial charge on any atom is -0.136 e. The van der Waals surface area contributed by atoms with Gasteiger partial charge in [-0.3, -0.25) is 0 Å². The molecule has 0 fully saturated rings. The van der Waals surface area contributed by atoms with E-state index in [1.165, 1.54) is 0 Å². The van der Waals surface area contributed by atoms with Crippen molar-refractivity contribution in [2.75, 3.05) is 5.88 Å². The number of unbranched alkanes of at least 4 members (excludes halogenated alkanes) is 1. The molecule has 0 aromatic rings. The fourth-order valence-corrected chi connectivity index (χ4v) is 1.12. The molecule has 0 rings (SSSR count). The summed E-state index contributed by atoms with van der Waals surface area (Å²) in [6.45, 7) is 4.46. The fraction of sp³-hybridized carbons (Fsp3) is 0.714. The number of halogens is 1. The molecule has 0 atom stereocenters. The maximum absolute atomic E-state index is 5.46. The number of hydrogen-bond donors (Lipinski definition) is 0. The van der Waals surface area contributed by atoms with Crippen molar-refractivity contribution in [1.82, 2.24) is 0 Å². The van der Waals surface area contributed by atoms with Crippen molar-refractivity contribution in [3.05, 3.63) is 0 Å². The molecule has 0 aliphatic heterocycles. The van der Waals surface area contributed by atoms with Crippen molar-refractivity contribution in [1.29, 1.82) is 0 Å². The Balaban J connectivity index is 3.16. The quantitative estimate of drug-likeness (QED) is 0.251. The summed E-state index contributed by atoms with van der Waals surface area (Å²) in [7, 11) is -0.617. The molecular weight excluding hydrogens is 148 g/mol. The Morgan fingerprint density at radius 2 is 2.11 bits per heavy atom. The van der Waals surface area contributed by atoms with Crippen LogP contribution in [-0.2, 0) is 0 Å². The monoisotopic (exact) mass is 160 g/mol. The van der Waals surface area contributed by atoms with Gasteiger partial charge in [-0.25, -0.2) is 0 Å². The van der Waals surface area contributed by atoms with Gasteiger partial charge in [0.2, 0.25) is 0 Å².